The van der Waals surface area contributed by atoms with Crippen molar-refractivity contribution in [1.29, 1.82) is 0 Å². The van der Waals surface area contributed by atoms with Crippen molar-refractivity contribution in [2.45, 2.75) is 51.7 Å². The number of aromatic nitrogens is 2. The Hall–Kier alpha value is -1.40. The van der Waals surface area contributed by atoms with E-state index in [0.29, 0.717) is 19.6 Å². The van der Waals surface area contributed by atoms with Crippen LogP contribution in [-0.2, 0) is 11.2 Å². The third-order valence-electron chi connectivity index (χ3n) is 4.01. The normalized spacial score (nSPS) is 25.0. The van der Waals surface area contributed by atoms with Crippen LogP contribution < -0.4 is 10.6 Å². The molecule has 0 aliphatic carbocycles. The van der Waals surface area contributed by atoms with Crippen molar-refractivity contribution in [3.8, 4) is 0 Å². The molecule has 1 aromatic rings. The summed E-state index contributed by atoms with van der Waals surface area (Å²) >= 11 is 0. The summed E-state index contributed by atoms with van der Waals surface area (Å²) in [4.78, 5) is 8.65. The molecule has 0 aromatic carbocycles. The van der Waals surface area contributed by atoms with Crippen LogP contribution in [0.1, 0.15) is 39.2 Å². The van der Waals surface area contributed by atoms with Gasteiger partial charge in [-0.1, -0.05) is 13.3 Å². The van der Waals surface area contributed by atoms with E-state index in [0.717, 1.165) is 36.6 Å². The van der Waals surface area contributed by atoms with Gasteiger partial charge in [0.1, 0.15) is 23.6 Å². The van der Waals surface area contributed by atoms with Crippen molar-refractivity contribution < 1.29 is 9.84 Å². The van der Waals surface area contributed by atoms with Gasteiger partial charge in [0.2, 0.25) is 0 Å². The molecule has 1 saturated heterocycles. The van der Waals surface area contributed by atoms with Crippen molar-refractivity contribution in [1.82, 2.24) is 9.97 Å². The van der Waals surface area contributed by atoms with Crippen LogP contribution in [0.15, 0.2) is 6.33 Å². The van der Waals surface area contributed by atoms with E-state index in [4.69, 9.17) is 4.74 Å². The maximum absolute atomic E-state index is 10.6. The summed E-state index contributed by atoms with van der Waals surface area (Å²) < 4.78 is 5.46. The van der Waals surface area contributed by atoms with E-state index in [-0.39, 0.29) is 6.10 Å². The quantitative estimate of drug-likeness (QED) is 0.712. The molecule has 1 aliphatic heterocycles. The van der Waals surface area contributed by atoms with Crippen LogP contribution in [0.5, 0.6) is 0 Å². The smallest absolute Gasteiger partial charge is 0.134 e. The van der Waals surface area contributed by atoms with E-state index >= 15 is 0 Å². The molecule has 1 aliphatic rings. The summed E-state index contributed by atoms with van der Waals surface area (Å²) in [7, 11) is 0. The number of ether oxygens (including phenoxy) is 1. The summed E-state index contributed by atoms with van der Waals surface area (Å²) in [5.41, 5.74) is 0.254. The molecule has 2 rings (SSSR count). The lowest BCUT2D eigenvalue weighted by atomic mass is 9.96. The average molecular weight is 294 g/mol. The van der Waals surface area contributed by atoms with Gasteiger partial charge in [0.05, 0.1) is 6.10 Å². The van der Waals surface area contributed by atoms with Gasteiger partial charge < -0.3 is 20.5 Å². The number of rotatable bonds is 7. The molecule has 2 atom stereocenters. The molecule has 21 heavy (non-hydrogen) atoms. The lowest BCUT2D eigenvalue weighted by Crippen LogP contribution is -2.43. The second-order valence-electron chi connectivity index (χ2n) is 5.55. The van der Waals surface area contributed by atoms with E-state index < -0.39 is 5.60 Å². The van der Waals surface area contributed by atoms with E-state index in [1.54, 1.807) is 6.33 Å². The van der Waals surface area contributed by atoms with E-state index in [2.05, 4.69) is 27.5 Å². The lowest BCUT2D eigenvalue weighted by Gasteiger charge is -2.27. The molecule has 6 nitrogen and oxygen atoms in total. The first-order valence-electron chi connectivity index (χ1n) is 7.76. The molecule has 3 N–H and O–H groups in total. The fourth-order valence-electron chi connectivity index (χ4n) is 2.61. The van der Waals surface area contributed by atoms with Crippen molar-refractivity contribution in [3.05, 3.63) is 11.9 Å². The Bertz CT molecular complexity index is 469. The Morgan fingerprint density at radius 2 is 2.05 bits per heavy atom. The maximum atomic E-state index is 10.6. The summed E-state index contributed by atoms with van der Waals surface area (Å²) in [6.45, 7) is 7.95. The van der Waals surface area contributed by atoms with Crippen LogP contribution in [-0.4, -0.2) is 46.5 Å². The molecule has 0 amide bonds. The second kappa shape index (κ2) is 7.04. The summed E-state index contributed by atoms with van der Waals surface area (Å²) in [5, 5.41) is 17.1. The van der Waals surface area contributed by atoms with Gasteiger partial charge in [0, 0.05) is 31.7 Å². The van der Waals surface area contributed by atoms with E-state index in [1.807, 2.05) is 13.8 Å². The minimum Gasteiger partial charge on any atom is -0.385 e. The van der Waals surface area contributed by atoms with Gasteiger partial charge in [0.15, 0.2) is 0 Å². The SMILES string of the molecule is CCCc1c(NCC)ncnc1NCC1(O)CCOC1C. The molecule has 2 heterocycles. The predicted molar refractivity (Wildman–Crippen MR) is 83.7 cm³/mol. The zero-order valence-corrected chi connectivity index (χ0v) is 13.1. The first-order valence-corrected chi connectivity index (χ1v) is 7.76. The van der Waals surface area contributed by atoms with Gasteiger partial charge in [-0.15, -0.1) is 0 Å². The zero-order valence-electron chi connectivity index (χ0n) is 13.1. The molecule has 1 aromatic heterocycles. The molecule has 118 valence electrons. The van der Waals surface area contributed by atoms with Gasteiger partial charge in [0.25, 0.3) is 0 Å². The van der Waals surface area contributed by atoms with Crippen molar-refractivity contribution >= 4 is 11.6 Å². The largest absolute Gasteiger partial charge is 0.385 e. The van der Waals surface area contributed by atoms with Gasteiger partial charge in [-0.2, -0.15) is 0 Å². The summed E-state index contributed by atoms with van der Waals surface area (Å²) in [6.07, 6.45) is 3.96. The highest BCUT2D eigenvalue weighted by atomic mass is 16.5. The van der Waals surface area contributed by atoms with Crippen LogP contribution >= 0.6 is 0 Å². The average Bonchev–Trinajstić information content (AvgIpc) is 2.80. The Morgan fingerprint density at radius 1 is 1.33 bits per heavy atom. The van der Waals surface area contributed by atoms with E-state index in [9.17, 15) is 5.11 Å². The van der Waals surface area contributed by atoms with Gasteiger partial charge in [-0.25, -0.2) is 9.97 Å². The first kappa shape index (κ1) is 16.0. The third-order valence-corrected chi connectivity index (χ3v) is 4.01. The standard InChI is InChI=1S/C15H26N4O2/c1-4-6-12-13(16-5-2)18-10-19-14(12)17-9-15(20)7-8-21-11(15)3/h10-11,20H,4-9H2,1-3H3,(H2,16,17,18,19). The molecule has 0 saturated carbocycles. The van der Waals surface area contributed by atoms with Crippen LogP contribution in [0.25, 0.3) is 0 Å². The van der Waals surface area contributed by atoms with Crippen LogP contribution in [0, 0.1) is 0 Å². The fourth-order valence-corrected chi connectivity index (χ4v) is 2.61. The lowest BCUT2D eigenvalue weighted by molar-refractivity contribution is -0.0176. The minimum absolute atomic E-state index is 0.158. The predicted octanol–water partition coefficient (Wildman–Crippen LogP) is 1.81. The number of nitrogens with zero attached hydrogens (tertiary/aromatic N) is 2. The fraction of sp³-hybridized carbons (Fsp3) is 0.733. The highest BCUT2D eigenvalue weighted by molar-refractivity contribution is 5.57. The number of anilines is 2. The molecule has 0 spiro atoms. The van der Waals surface area contributed by atoms with Crippen LogP contribution in [0.4, 0.5) is 11.6 Å². The van der Waals surface area contributed by atoms with E-state index in [1.165, 1.54) is 0 Å². The molecule has 1 fully saturated rings. The second-order valence-corrected chi connectivity index (χ2v) is 5.55. The summed E-state index contributed by atoms with van der Waals surface area (Å²) in [5.74, 6) is 1.68. The summed E-state index contributed by atoms with van der Waals surface area (Å²) in [6, 6.07) is 0. The van der Waals surface area contributed by atoms with Gasteiger partial charge >= 0.3 is 0 Å². The minimum atomic E-state index is -0.827. The molecule has 0 bridgehead atoms. The number of hydrogen-bond acceptors (Lipinski definition) is 6. The number of nitrogens with one attached hydrogen (secondary N) is 2. The molecule has 2 unspecified atom stereocenters. The van der Waals surface area contributed by atoms with Crippen molar-refractivity contribution in [2.75, 3.05) is 30.3 Å². The Morgan fingerprint density at radius 3 is 2.62 bits per heavy atom. The van der Waals surface area contributed by atoms with Gasteiger partial charge in [-0.05, 0) is 20.3 Å². The van der Waals surface area contributed by atoms with Crippen molar-refractivity contribution in [2.24, 2.45) is 0 Å². The first-order chi connectivity index (χ1) is 10.1. The molecular formula is C15H26N4O2. The van der Waals surface area contributed by atoms with Crippen molar-refractivity contribution in [3.63, 3.8) is 0 Å². The van der Waals surface area contributed by atoms with Gasteiger partial charge in [-0.3, -0.25) is 0 Å². The molecular weight excluding hydrogens is 268 g/mol. The Kier molecular flexibility index (Phi) is 5.36. The third kappa shape index (κ3) is 3.63. The topological polar surface area (TPSA) is 79.3 Å². The molecule has 6 heteroatoms. The number of hydrogen-bond donors (Lipinski definition) is 3. The highest BCUT2D eigenvalue weighted by Gasteiger charge is 2.39. The molecule has 0 radical (unpaired) electrons. The van der Waals surface area contributed by atoms with Crippen LogP contribution in [0.3, 0.4) is 0 Å². The monoisotopic (exact) mass is 294 g/mol. The maximum Gasteiger partial charge on any atom is 0.134 e. The number of aliphatic hydroxyl groups is 1. The Balaban J connectivity index is 2.13. The zero-order chi connectivity index (χ0) is 15.3. The highest BCUT2D eigenvalue weighted by Crippen LogP contribution is 2.27. The Labute approximate surface area is 126 Å². The van der Waals surface area contributed by atoms with Crippen LogP contribution in [0.2, 0.25) is 0 Å².